The maximum Gasteiger partial charge on any atom is 0.238 e. The molecule has 5 nitrogen and oxygen atoms in total. The van der Waals surface area contributed by atoms with Gasteiger partial charge in [0.05, 0.1) is 0 Å². The van der Waals surface area contributed by atoms with E-state index in [0.717, 1.165) is 39.3 Å². The van der Waals surface area contributed by atoms with Crippen LogP contribution in [0.3, 0.4) is 0 Å². The van der Waals surface area contributed by atoms with E-state index in [9.17, 15) is 4.79 Å². The Morgan fingerprint density at radius 1 is 1.23 bits per heavy atom. The highest BCUT2D eigenvalue weighted by atomic mass is 16.2. The van der Waals surface area contributed by atoms with Crippen LogP contribution in [0.15, 0.2) is 30.5 Å². The van der Waals surface area contributed by atoms with E-state index in [2.05, 4.69) is 57.2 Å². The Bertz CT molecular complexity index is 708. The van der Waals surface area contributed by atoms with Crippen molar-refractivity contribution < 1.29 is 4.79 Å². The number of carbonyl (C=O) groups is 1. The Labute approximate surface area is 130 Å². The summed E-state index contributed by atoms with van der Waals surface area (Å²) in [6.45, 7) is 5.54. The van der Waals surface area contributed by atoms with E-state index >= 15 is 0 Å². The average Bonchev–Trinajstić information content (AvgIpc) is 2.91. The molecular weight excluding hydrogens is 276 g/mol. The molecule has 5 heteroatoms. The topological polar surface area (TPSA) is 40.5 Å². The van der Waals surface area contributed by atoms with Crippen LogP contribution in [0, 0.1) is 0 Å². The number of benzene rings is 1. The van der Waals surface area contributed by atoms with Gasteiger partial charge in [0.25, 0.3) is 0 Å². The molecule has 2 aromatic rings. The van der Waals surface area contributed by atoms with Crippen molar-refractivity contribution in [3.63, 3.8) is 0 Å². The molecule has 1 atom stereocenters. The minimum atomic E-state index is 0.0254. The number of nitrogens with zero attached hydrogens (tertiary/aromatic N) is 3. The van der Waals surface area contributed by atoms with Crippen molar-refractivity contribution in [3.05, 3.63) is 36.0 Å². The predicted octanol–water partition coefficient (Wildman–Crippen LogP) is 0.794. The normalized spacial score (nSPS) is 23.5. The summed E-state index contributed by atoms with van der Waals surface area (Å²) in [7, 11) is 2.08. The number of piperazine rings is 2. The maximum atomic E-state index is 12.1. The van der Waals surface area contributed by atoms with E-state index in [-0.39, 0.29) is 11.9 Å². The summed E-state index contributed by atoms with van der Waals surface area (Å²) < 4.78 is 2.16. The van der Waals surface area contributed by atoms with Crippen LogP contribution < -0.4 is 5.32 Å². The molecule has 3 heterocycles. The van der Waals surface area contributed by atoms with Crippen molar-refractivity contribution in [1.82, 2.24) is 19.7 Å². The zero-order valence-electron chi connectivity index (χ0n) is 13.0. The second-order valence-electron chi connectivity index (χ2n) is 6.35. The van der Waals surface area contributed by atoms with Gasteiger partial charge in [-0.2, -0.15) is 0 Å². The monoisotopic (exact) mass is 298 g/mol. The molecule has 0 saturated carbocycles. The van der Waals surface area contributed by atoms with Crippen LogP contribution in [0.25, 0.3) is 10.9 Å². The molecule has 1 aromatic carbocycles. The first-order chi connectivity index (χ1) is 10.7. The summed E-state index contributed by atoms with van der Waals surface area (Å²) in [6.07, 6.45) is 2.11. The number of aromatic nitrogens is 1. The van der Waals surface area contributed by atoms with Crippen LogP contribution in [0.1, 0.15) is 5.56 Å². The van der Waals surface area contributed by atoms with Crippen LogP contribution in [0.4, 0.5) is 0 Å². The van der Waals surface area contributed by atoms with E-state index < -0.39 is 0 Å². The molecule has 2 fully saturated rings. The predicted molar refractivity (Wildman–Crippen MR) is 86.6 cm³/mol. The number of hydrogen-bond acceptors (Lipinski definition) is 3. The van der Waals surface area contributed by atoms with E-state index in [1.165, 1.54) is 16.5 Å². The smallest absolute Gasteiger partial charge is 0.238 e. The fraction of sp³-hybridized carbons (Fsp3) is 0.471. The Balaban J connectivity index is 1.54. The van der Waals surface area contributed by atoms with Gasteiger partial charge in [-0.1, -0.05) is 12.1 Å². The standard InChI is InChI=1S/C17H22N4O/c1-19-7-5-14-13(3-2-4-15(14)19)11-20-9-10-21-8-6-18-17(22)16(21)12-20/h2-5,7,16H,6,8-12H2,1H3,(H,18,22)/t16-/m0/s1. The lowest BCUT2D eigenvalue weighted by molar-refractivity contribution is -0.131. The number of carbonyl (C=O) groups excluding carboxylic acids is 1. The summed E-state index contributed by atoms with van der Waals surface area (Å²) in [5, 5.41) is 4.31. The van der Waals surface area contributed by atoms with Crippen LogP contribution in [-0.4, -0.2) is 59.0 Å². The molecule has 1 amide bonds. The Kier molecular flexibility index (Phi) is 3.39. The minimum absolute atomic E-state index is 0.0254. The molecule has 2 aliphatic heterocycles. The van der Waals surface area contributed by atoms with E-state index in [1.54, 1.807) is 0 Å². The number of aryl methyl sites for hydroxylation is 1. The zero-order chi connectivity index (χ0) is 15.1. The number of hydrogen-bond donors (Lipinski definition) is 1. The second kappa shape index (κ2) is 5.41. The Morgan fingerprint density at radius 2 is 2.14 bits per heavy atom. The van der Waals surface area contributed by atoms with Crippen molar-refractivity contribution in [2.24, 2.45) is 7.05 Å². The molecule has 1 aromatic heterocycles. The number of fused-ring (bicyclic) bond motifs is 2. The maximum absolute atomic E-state index is 12.1. The molecule has 116 valence electrons. The van der Waals surface area contributed by atoms with Gasteiger partial charge >= 0.3 is 0 Å². The highest BCUT2D eigenvalue weighted by Crippen LogP contribution is 2.22. The molecule has 0 aliphatic carbocycles. The van der Waals surface area contributed by atoms with Crippen molar-refractivity contribution in [2.75, 3.05) is 32.7 Å². The molecule has 1 N–H and O–H groups in total. The molecule has 22 heavy (non-hydrogen) atoms. The molecule has 0 unspecified atom stereocenters. The quantitative estimate of drug-likeness (QED) is 0.891. The molecule has 0 bridgehead atoms. The van der Waals surface area contributed by atoms with Gasteiger partial charge in [-0.15, -0.1) is 0 Å². The Morgan fingerprint density at radius 3 is 3.05 bits per heavy atom. The first kappa shape index (κ1) is 13.8. The van der Waals surface area contributed by atoms with Crippen molar-refractivity contribution in [1.29, 1.82) is 0 Å². The van der Waals surface area contributed by atoms with Crippen molar-refractivity contribution >= 4 is 16.8 Å². The average molecular weight is 298 g/mol. The van der Waals surface area contributed by atoms with E-state index in [0.29, 0.717) is 0 Å². The summed E-state index contributed by atoms with van der Waals surface area (Å²) in [6, 6.07) is 8.70. The molecular formula is C17H22N4O. The van der Waals surface area contributed by atoms with Crippen molar-refractivity contribution in [3.8, 4) is 0 Å². The lowest BCUT2D eigenvalue weighted by atomic mass is 10.1. The fourth-order valence-electron chi connectivity index (χ4n) is 3.72. The number of rotatable bonds is 2. The first-order valence-electron chi connectivity index (χ1n) is 7.99. The van der Waals surface area contributed by atoms with Crippen LogP contribution in [-0.2, 0) is 18.4 Å². The fourth-order valence-corrected chi connectivity index (χ4v) is 3.72. The molecule has 2 aliphatic rings. The zero-order valence-corrected chi connectivity index (χ0v) is 13.0. The molecule has 4 rings (SSSR count). The van der Waals surface area contributed by atoms with E-state index in [1.807, 2.05) is 0 Å². The largest absolute Gasteiger partial charge is 0.353 e. The molecule has 2 saturated heterocycles. The highest BCUT2D eigenvalue weighted by Gasteiger charge is 2.34. The van der Waals surface area contributed by atoms with Crippen molar-refractivity contribution in [2.45, 2.75) is 12.6 Å². The third-order valence-corrected chi connectivity index (χ3v) is 4.99. The second-order valence-corrected chi connectivity index (χ2v) is 6.35. The highest BCUT2D eigenvalue weighted by molar-refractivity contribution is 5.84. The van der Waals surface area contributed by atoms with Gasteiger partial charge in [-0.3, -0.25) is 14.6 Å². The van der Waals surface area contributed by atoms with Gasteiger partial charge in [-0.05, 0) is 17.7 Å². The summed E-state index contributed by atoms with van der Waals surface area (Å²) in [5.41, 5.74) is 2.62. The molecule has 0 radical (unpaired) electrons. The first-order valence-corrected chi connectivity index (χ1v) is 7.99. The SMILES string of the molecule is Cn1ccc2c(CN3CCN4CCNC(=O)[C@@H]4C3)cccc21. The summed E-state index contributed by atoms with van der Waals surface area (Å²) in [4.78, 5) is 16.8. The number of nitrogens with one attached hydrogen (secondary N) is 1. The lowest BCUT2D eigenvalue weighted by Crippen LogP contribution is -2.63. The van der Waals surface area contributed by atoms with Gasteiger partial charge in [0.1, 0.15) is 6.04 Å². The van der Waals surface area contributed by atoms with Crippen LogP contribution in [0.5, 0.6) is 0 Å². The third-order valence-electron chi connectivity index (χ3n) is 4.99. The van der Waals surface area contributed by atoms with E-state index in [4.69, 9.17) is 0 Å². The van der Waals surface area contributed by atoms with Gasteiger partial charge in [0.15, 0.2) is 0 Å². The van der Waals surface area contributed by atoms with Gasteiger partial charge in [-0.25, -0.2) is 0 Å². The van der Waals surface area contributed by atoms with Gasteiger partial charge < -0.3 is 9.88 Å². The van der Waals surface area contributed by atoms with Crippen LogP contribution >= 0.6 is 0 Å². The third kappa shape index (κ3) is 2.30. The summed E-state index contributed by atoms with van der Waals surface area (Å²) >= 11 is 0. The number of amides is 1. The van der Waals surface area contributed by atoms with Gasteiger partial charge in [0.2, 0.25) is 5.91 Å². The lowest BCUT2D eigenvalue weighted by Gasteiger charge is -2.43. The Hall–Kier alpha value is -1.85. The molecule has 0 spiro atoms. The van der Waals surface area contributed by atoms with Gasteiger partial charge in [0, 0.05) is 63.4 Å². The van der Waals surface area contributed by atoms with Crippen LogP contribution in [0.2, 0.25) is 0 Å². The summed E-state index contributed by atoms with van der Waals surface area (Å²) in [5.74, 6) is 0.189. The minimum Gasteiger partial charge on any atom is -0.353 e.